The molecule has 1 radical (unpaired) electrons. The molecular weight excluding hydrogens is 180 g/mol. The van der Waals surface area contributed by atoms with Crippen molar-refractivity contribution in [3.05, 3.63) is 34.3 Å². The highest BCUT2D eigenvalue weighted by atomic mass is 79.9. The predicted molar refractivity (Wildman–Crippen MR) is 38.4 cm³/mol. The highest BCUT2D eigenvalue weighted by Gasteiger charge is 1.88. The lowest BCUT2D eigenvalue weighted by molar-refractivity contribution is 0.112. The molecule has 0 saturated carbocycles. The minimum Gasteiger partial charge on any atom is -0.298 e. The van der Waals surface area contributed by atoms with Gasteiger partial charge in [0.25, 0.3) is 0 Å². The molecule has 0 fully saturated rings. The zero-order valence-corrected chi connectivity index (χ0v) is 6.18. The van der Waals surface area contributed by atoms with Gasteiger partial charge in [0.15, 0.2) is 6.29 Å². The van der Waals surface area contributed by atoms with E-state index >= 15 is 0 Å². The first-order chi connectivity index (χ1) is 4.33. The van der Waals surface area contributed by atoms with Crippen LogP contribution in [-0.2, 0) is 0 Å². The van der Waals surface area contributed by atoms with Crippen LogP contribution >= 0.6 is 15.9 Å². The van der Waals surface area contributed by atoms with E-state index < -0.39 is 0 Å². The molecule has 1 aromatic carbocycles. The Kier molecular flexibility index (Phi) is 2.01. The van der Waals surface area contributed by atoms with Crippen LogP contribution in [0.3, 0.4) is 0 Å². The minimum absolute atomic E-state index is 0.573. The summed E-state index contributed by atoms with van der Waals surface area (Å²) in [5.74, 6) is 0. The molecule has 0 atom stereocenters. The summed E-state index contributed by atoms with van der Waals surface area (Å²) in [4.78, 5) is 10.1. The van der Waals surface area contributed by atoms with Crippen molar-refractivity contribution in [1.82, 2.24) is 0 Å². The van der Waals surface area contributed by atoms with Crippen molar-refractivity contribution >= 4 is 22.2 Å². The first-order valence-corrected chi connectivity index (χ1v) is 3.24. The number of aldehydes is 1. The van der Waals surface area contributed by atoms with Crippen molar-refractivity contribution in [2.75, 3.05) is 0 Å². The van der Waals surface area contributed by atoms with Gasteiger partial charge >= 0.3 is 0 Å². The maximum atomic E-state index is 10.1. The first kappa shape index (κ1) is 6.49. The molecule has 0 heterocycles. The van der Waals surface area contributed by atoms with E-state index in [1.165, 1.54) is 0 Å². The normalized spacial score (nSPS) is 9.00. The number of carbonyl (C=O) groups is 1. The number of benzene rings is 1. The average molecular weight is 184 g/mol. The third-order valence-electron chi connectivity index (χ3n) is 0.913. The quantitative estimate of drug-likeness (QED) is 0.610. The van der Waals surface area contributed by atoms with Crippen molar-refractivity contribution in [3.8, 4) is 0 Å². The fraction of sp³-hybridized carbons (Fsp3) is 0. The number of hydrogen-bond acceptors (Lipinski definition) is 1. The lowest BCUT2D eigenvalue weighted by Gasteiger charge is -1.87. The van der Waals surface area contributed by atoms with Crippen molar-refractivity contribution in [3.63, 3.8) is 0 Å². The lowest BCUT2D eigenvalue weighted by atomic mass is 10.2. The minimum atomic E-state index is 0.573. The van der Waals surface area contributed by atoms with Gasteiger partial charge in [-0.1, -0.05) is 22.0 Å². The third-order valence-corrected chi connectivity index (χ3v) is 1.41. The molecule has 0 aromatic heterocycles. The maximum absolute atomic E-state index is 10.1. The van der Waals surface area contributed by atoms with E-state index in [9.17, 15) is 4.79 Å². The summed E-state index contributed by atoms with van der Waals surface area (Å²) in [6, 6.07) is 8.00. The molecule has 0 spiro atoms. The van der Waals surface area contributed by atoms with Crippen LogP contribution in [0.5, 0.6) is 0 Å². The second-order valence-corrected chi connectivity index (χ2v) is 2.50. The van der Waals surface area contributed by atoms with Crippen LogP contribution in [0, 0.1) is 6.07 Å². The largest absolute Gasteiger partial charge is 0.298 e. The van der Waals surface area contributed by atoms with E-state index in [2.05, 4.69) is 22.0 Å². The van der Waals surface area contributed by atoms with Gasteiger partial charge in [-0.2, -0.15) is 0 Å². The van der Waals surface area contributed by atoms with Crippen molar-refractivity contribution in [2.24, 2.45) is 0 Å². The van der Waals surface area contributed by atoms with E-state index in [4.69, 9.17) is 0 Å². The summed E-state index contributed by atoms with van der Waals surface area (Å²) >= 11 is 3.22. The van der Waals surface area contributed by atoms with Gasteiger partial charge in [-0.3, -0.25) is 4.79 Å². The molecule has 0 bridgehead atoms. The highest BCUT2D eigenvalue weighted by molar-refractivity contribution is 9.10. The molecule has 1 rings (SSSR count). The molecule has 1 aromatic rings. The number of hydrogen-bond donors (Lipinski definition) is 0. The van der Waals surface area contributed by atoms with Gasteiger partial charge in [0.1, 0.15) is 0 Å². The highest BCUT2D eigenvalue weighted by Crippen LogP contribution is 2.08. The van der Waals surface area contributed by atoms with Gasteiger partial charge in [-0.25, -0.2) is 0 Å². The zero-order valence-electron chi connectivity index (χ0n) is 4.60. The van der Waals surface area contributed by atoms with Crippen molar-refractivity contribution in [2.45, 2.75) is 0 Å². The maximum Gasteiger partial charge on any atom is 0.150 e. The second kappa shape index (κ2) is 2.78. The first-order valence-electron chi connectivity index (χ1n) is 2.45. The Bertz CT molecular complexity index is 220. The molecule has 45 valence electrons. The number of halogens is 1. The van der Waals surface area contributed by atoms with Crippen LogP contribution in [0.4, 0.5) is 0 Å². The topological polar surface area (TPSA) is 17.1 Å². The monoisotopic (exact) mass is 183 g/mol. The van der Waals surface area contributed by atoms with Crippen LogP contribution in [0.2, 0.25) is 0 Å². The van der Waals surface area contributed by atoms with Gasteiger partial charge in [-0.05, 0) is 18.2 Å². The smallest absolute Gasteiger partial charge is 0.150 e. The van der Waals surface area contributed by atoms with E-state index in [0.717, 1.165) is 10.8 Å². The van der Waals surface area contributed by atoms with Crippen LogP contribution in [0.25, 0.3) is 0 Å². The molecule has 1 nitrogen and oxygen atoms in total. The third kappa shape index (κ3) is 1.64. The Labute approximate surface area is 61.8 Å². The van der Waals surface area contributed by atoms with E-state index in [1.54, 1.807) is 12.1 Å². The van der Waals surface area contributed by atoms with Crippen LogP contribution < -0.4 is 0 Å². The lowest BCUT2D eigenvalue weighted by Crippen LogP contribution is -1.76. The summed E-state index contributed by atoms with van der Waals surface area (Å²) in [6.45, 7) is 0. The Morgan fingerprint density at radius 2 is 2.44 bits per heavy atom. The fourth-order valence-corrected chi connectivity index (χ4v) is 0.903. The summed E-state index contributed by atoms with van der Waals surface area (Å²) in [7, 11) is 0. The molecule has 2 heteroatoms. The van der Waals surface area contributed by atoms with Crippen LogP contribution in [0.15, 0.2) is 22.7 Å². The predicted octanol–water partition coefficient (Wildman–Crippen LogP) is 2.06. The van der Waals surface area contributed by atoms with Crippen molar-refractivity contribution in [1.29, 1.82) is 0 Å². The summed E-state index contributed by atoms with van der Waals surface area (Å²) < 4.78 is 0.906. The van der Waals surface area contributed by atoms with Gasteiger partial charge in [-0.15, -0.1) is 0 Å². The molecule has 0 amide bonds. The molecule has 0 N–H and O–H groups in total. The standard InChI is InChI=1S/C7H4BrO/c8-7-3-1-2-6(4-7)5-9/h1,3-5H. The molecule has 0 aliphatic carbocycles. The van der Waals surface area contributed by atoms with E-state index in [-0.39, 0.29) is 0 Å². The van der Waals surface area contributed by atoms with Gasteiger partial charge in [0, 0.05) is 10.0 Å². The molecule has 0 aliphatic heterocycles. The summed E-state index contributed by atoms with van der Waals surface area (Å²) in [6.07, 6.45) is 0.769. The zero-order chi connectivity index (χ0) is 6.69. The van der Waals surface area contributed by atoms with Crippen LogP contribution in [0.1, 0.15) is 10.4 Å². The average Bonchev–Trinajstić information content (AvgIpc) is 1.88. The summed E-state index contributed by atoms with van der Waals surface area (Å²) in [5, 5.41) is 0. The molecule has 0 aliphatic rings. The fourth-order valence-electron chi connectivity index (χ4n) is 0.524. The number of rotatable bonds is 1. The van der Waals surface area contributed by atoms with Gasteiger partial charge in [0.05, 0.1) is 0 Å². The SMILES string of the molecule is O=Cc1[c]ccc(Br)c1. The van der Waals surface area contributed by atoms with Crippen molar-refractivity contribution < 1.29 is 4.79 Å². The van der Waals surface area contributed by atoms with Gasteiger partial charge in [0.2, 0.25) is 0 Å². The Morgan fingerprint density at radius 3 is 2.89 bits per heavy atom. The Balaban J connectivity index is 3.07. The Morgan fingerprint density at radius 1 is 1.67 bits per heavy atom. The number of carbonyl (C=O) groups excluding carboxylic acids is 1. The van der Waals surface area contributed by atoms with E-state index in [0.29, 0.717) is 5.56 Å². The molecular formula is C7H4BrO. The van der Waals surface area contributed by atoms with Gasteiger partial charge < -0.3 is 0 Å². The van der Waals surface area contributed by atoms with E-state index in [1.807, 2.05) is 6.07 Å². The summed E-state index contributed by atoms with van der Waals surface area (Å²) in [5.41, 5.74) is 0.573. The molecule has 0 unspecified atom stereocenters. The molecule has 0 saturated heterocycles. The second-order valence-electron chi connectivity index (χ2n) is 1.58. The molecule has 9 heavy (non-hydrogen) atoms. The Hall–Kier alpha value is -0.630. The van der Waals surface area contributed by atoms with Crippen LogP contribution in [-0.4, -0.2) is 6.29 Å².